The minimum absolute atomic E-state index is 0.321. The molecule has 0 heterocycles. The summed E-state index contributed by atoms with van der Waals surface area (Å²) in [4.78, 5) is 11.7. The molecule has 0 amide bonds. The Balaban J connectivity index is 2.62. The van der Waals surface area contributed by atoms with Crippen LogP contribution in [0.15, 0.2) is 12.1 Å². The highest BCUT2D eigenvalue weighted by Crippen LogP contribution is 2.49. The van der Waals surface area contributed by atoms with Gasteiger partial charge in [0.2, 0.25) is 0 Å². The first-order chi connectivity index (χ1) is 9.05. The first-order valence-electron chi connectivity index (χ1n) is 6.14. The molecule has 0 bridgehead atoms. The number of carboxylic acid groups (broad SMARTS) is 1. The van der Waals surface area contributed by atoms with Crippen molar-refractivity contribution in [3.63, 3.8) is 0 Å². The smallest absolute Gasteiger partial charge is 0.314 e. The molecule has 0 aliphatic heterocycles. The third-order valence-corrected chi connectivity index (χ3v) is 3.98. The van der Waals surface area contributed by atoms with Crippen LogP contribution in [0.25, 0.3) is 0 Å². The lowest BCUT2D eigenvalue weighted by Crippen LogP contribution is -2.43. The van der Waals surface area contributed by atoms with Crippen LogP contribution in [0.2, 0.25) is 5.02 Å². The summed E-state index contributed by atoms with van der Waals surface area (Å²) < 4.78 is 10.5. The Hall–Kier alpha value is -1.26. The average molecular weight is 285 g/mol. The van der Waals surface area contributed by atoms with Crippen LogP contribution >= 0.6 is 11.6 Å². The number of aliphatic carboxylic acids is 1. The Labute approximate surface area is 117 Å². The normalized spacial score (nSPS) is 16.8. The fraction of sp³-hybridized carbons (Fsp3) is 0.500. The topological polar surface area (TPSA) is 55.8 Å². The first kappa shape index (κ1) is 14.2. The van der Waals surface area contributed by atoms with Gasteiger partial charge in [-0.2, -0.15) is 0 Å². The van der Waals surface area contributed by atoms with E-state index in [1.165, 1.54) is 7.11 Å². The highest BCUT2D eigenvalue weighted by Gasteiger charge is 2.49. The summed E-state index contributed by atoms with van der Waals surface area (Å²) >= 11 is 6.04. The SMILES string of the molecule is COCc1cc(Cl)cc(OC)c1C1(C(=O)O)CCC1. The molecule has 0 atom stereocenters. The van der Waals surface area contributed by atoms with Crippen LogP contribution in [0.3, 0.4) is 0 Å². The second-order valence-electron chi connectivity index (χ2n) is 4.82. The molecule has 19 heavy (non-hydrogen) atoms. The second kappa shape index (κ2) is 5.39. The first-order valence-corrected chi connectivity index (χ1v) is 6.52. The molecule has 4 nitrogen and oxygen atoms in total. The van der Waals surface area contributed by atoms with Gasteiger partial charge in [-0.25, -0.2) is 0 Å². The lowest BCUT2D eigenvalue weighted by molar-refractivity contribution is -0.147. The summed E-state index contributed by atoms with van der Waals surface area (Å²) in [6, 6.07) is 3.42. The number of rotatable bonds is 5. The van der Waals surface area contributed by atoms with Crippen molar-refractivity contribution < 1.29 is 19.4 Å². The molecule has 1 N–H and O–H groups in total. The molecule has 104 valence electrons. The van der Waals surface area contributed by atoms with Crippen molar-refractivity contribution in [2.75, 3.05) is 14.2 Å². The maximum atomic E-state index is 11.7. The van der Waals surface area contributed by atoms with E-state index < -0.39 is 11.4 Å². The molecule has 2 rings (SSSR count). The molecule has 1 aromatic carbocycles. The molecule has 1 fully saturated rings. The van der Waals surface area contributed by atoms with E-state index in [0.29, 0.717) is 35.8 Å². The summed E-state index contributed by atoms with van der Waals surface area (Å²) in [5.41, 5.74) is 0.637. The molecule has 0 spiro atoms. The van der Waals surface area contributed by atoms with Gasteiger partial charge in [-0.1, -0.05) is 18.0 Å². The van der Waals surface area contributed by atoms with E-state index in [1.54, 1.807) is 19.2 Å². The van der Waals surface area contributed by atoms with Gasteiger partial charge >= 0.3 is 5.97 Å². The maximum absolute atomic E-state index is 11.7. The molecule has 0 saturated heterocycles. The van der Waals surface area contributed by atoms with Crippen molar-refractivity contribution in [1.82, 2.24) is 0 Å². The van der Waals surface area contributed by atoms with Crippen molar-refractivity contribution in [2.45, 2.75) is 31.3 Å². The molecule has 0 radical (unpaired) electrons. The summed E-state index contributed by atoms with van der Waals surface area (Å²) in [7, 11) is 3.10. The molecule has 1 aromatic rings. The summed E-state index contributed by atoms with van der Waals surface area (Å²) in [5.74, 6) is -0.279. The monoisotopic (exact) mass is 284 g/mol. The highest BCUT2D eigenvalue weighted by atomic mass is 35.5. The quantitative estimate of drug-likeness (QED) is 0.903. The molecule has 0 unspecified atom stereocenters. The van der Waals surface area contributed by atoms with E-state index in [4.69, 9.17) is 21.1 Å². The number of hydrogen-bond donors (Lipinski definition) is 1. The van der Waals surface area contributed by atoms with Crippen LogP contribution in [0.5, 0.6) is 5.75 Å². The van der Waals surface area contributed by atoms with Crippen LogP contribution in [0, 0.1) is 0 Å². The Morgan fingerprint density at radius 1 is 1.42 bits per heavy atom. The van der Waals surface area contributed by atoms with Crippen LogP contribution in [0.1, 0.15) is 30.4 Å². The zero-order chi connectivity index (χ0) is 14.0. The molecule has 5 heteroatoms. The lowest BCUT2D eigenvalue weighted by atomic mass is 9.63. The lowest BCUT2D eigenvalue weighted by Gasteiger charge is -2.40. The standard InChI is InChI=1S/C14H17ClO4/c1-18-8-9-6-10(15)7-11(19-2)12(9)14(13(16)17)4-3-5-14/h6-7H,3-5,8H2,1-2H3,(H,16,17). The number of carboxylic acids is 1. The van der Waals surface area contributed by atoms with Gasteiger partial charge in [0.15, 0.2) is 0 Å². The van der Waals surface area contributed by atoms with Gasteiger partial charge in [0.1, 0.15) is 5.75 Å². The van der Waals surface area contributed by atoms with Gasteiger partial charge in [-0.15, -0.1) is 0 Å². The Morgan fingerprint density at radius 3 is 2.53 bits per heavy atom. The zero-order valence-electron chi connectivity index (χ0n) is 11.0. The van der Waals surface area contributed by atoms with Crippen molar-refractivity contribution in [2.24, 2.45) is 0 Å². The van der Waals surface area contributed by atoms with Crippen LogP contribution < -0.4 is 4.74 Å². The minimum atomic E-state index is -0.857. The molecule has 1 saturated carbocycles. The van der Waals surface area contributed by atoms with Gasteiger partial charge in [0.05, 0.1) is 19.1 Å². The predicted octanol–water partition coefficient (Wildman–Crippen LogP) is 3.00. The molecule has 1 aliphatic rings. The summed E-state index contributed by atoms with van der Waals surface area (Å²) in [5, 5.41) is 10.1. The van der Waals surface area contributed by atoms with E-state index >= 15 is 0 Å². The fourth-order valence-corrected chi connectivity index (χ4v) is 2.94. The maximum Gasteiger partial charge on any atom is 0.314 e. The minimum Gasteiger partial charge on any atom is -0.496 e. The predicted molar refractivity (Wildman–Crippen MR) is 71.9 cm³/mol. The van der Waals surface area contributed by atoms with Gasteiger partial charge in [0, 0.05) is 17.7 Å². The third-order valence-electron chi connectivity index (χ3n) is 3.76. The number of ether oxygens (including phenoxy) is 2. The van der Waals surface area contributed by atoms with Crippen molar-refractivity contribution in [1.29, 1.82) is 0 Å². The fourth-order valence-electron chi connectivity index (χ4n) is 2.71. The van der Waals surface area contributed by atoms with Crippen molar-refractivity contribution >= 4 is 17.6 Å². The highest BCUT2D eigenvalue weighted by molar-refractivity contribution is 6.30. The van der Waals surface area contributed by atoms with Crippen LogP contribution in [0.4, 0.5) is 0 Å². The number of carbonyl (C=O) groups is 1. The van der Waals surface area contributed by atoms with Gasteiger partial charge in [-0.05, 0) is 30.5 Å². The van der Waals surface area contributed by atoms with E-state index in [1.807, 2.05) is 0 Å². The largest absolute Gasteiger partial charge is 0.496 e. The summed E-state index contributed by atoms with van der Waals surface area (Å²) in [6.45, 7) is 0.321. The Morgan fingerprint density at radius 2 is 2.11 bits per heavy atom. The van der Waals surface area contributed by atoms with Crippen LogP contribution in [-0.4, -0.2) is 25.3 Å². The van der Waals surface area contributed by atoms with Crippen LogP contribution in [-0.2, 0) is 21.6 Å². The Kier molecular flexibility index (Phi) is 4.02. The molecule has 0 aromatic heterocycles. The van der Waals surface area contributed by atoms with Crippen molar-refractivity contribution in [3.8, 4) is 5.75 Å². The van der Waals surface area contributed by atoms with E-state index in [-0.39, 0.29) is 0 Å². The van der Waals surface area contributed by atoms with Gasteiger partial charge < -0.3 is 14.6 Å². The molecule has 1 aliphatic carbocycles. The van der Waals surface area contributed by atoms with E-state index in [2.05, 4.69) is 0 Å². The zero-order valence-corrected chi connectivity index (χ0v) is 11.8. The van der Waals surface area contributed by atoms with E-state index in [9.17, 15) is 9.90 Å². The summed E-state index contributed by atoms with van der Waals surface area (Å²) in [6.07, 6.45) is 2.15. The van der Waals surface area contributed by atoms with Crippen molar-refractivity contribution in [3.05, 3.63) is 28.3 Å². The second-order valence-corrected chi connectivity index (χ2v) is 5.25. The van der Waals surface area contributed by atoms with E-state index in [0.717, 1.165) is 12.0 Å². The average Bonchev–Trinajstić information content (AvgIpc) is 2.29. The third kappa shape index (κ3) is 2.30. The number of methoxy groups -OCH3 is 2. The number of halogens is 1. The molecular weight excluding hydrogens is 268 g/mol. The Bertz CT molecular complexity index is 494. The van der Waals surface area contributed by atoms with Gasteiger partial charge in [0.25, 0.3) is 0 Å². The van der Waals surface area contributed by atoms with Gasteiger partial charge in [-0.3, -0.25) is 4.79 Å². The number of hydrogen-bond acceptors (Lipinski definition) is 3. The number of benzene rings is 1. The molecular formula is C14H17ClO4.